The second kappa shape index (κ2) is 6.55. The summed E-state index contributed by atoms with van der Waals surface area (Å²) in [6.45, 7) is 6.29. The molecule has 0 bridgehead atoms. The van der Waals surface area contributed by atoms with E-state index in [1.54, 1.807) is 0 Å². The van der Waals surface area contributed by atoms with E-state index in [9.17, 15) is 4.79 Å². The van der Waals surface area contributed by atoms with Gasteiger partial charge in [-0.2, -0.15) is 0 Å². The molecular weight excluding hydrogens is 224 g/mol. The second-order valence-electron chi connectivity index (χ2n) is 6.26. The summed E-state index contributed by atoms with van der Waals surface area (Å²) in [6, 6.07) is 0.103. The lowest BCUT2D eigenvalue weighted by Gasteiger charge is -2.30. The second-order valence-corrected chi connectivity index (χ2v) is 6.26. The average molecular weight is 252 g/mol. The third kappa shape index (κ3) is 3.47. The summed E-state index contributed by atoms with van der Waals surface area (Å²) in [5.74, 6) is 1.94. The lowest BCUT2D eigenvalue weighted by atomic mass is 9.82. The van der Waals surface area contributed by atoms with Gasteiger partial charge in [0.2, 0.25) is 5.91 Å². The van der Waals surface area contributed by atoms with E-state index in [0.717, 1.165) is 37.9 Å². The van der Waals surface area contributed by atoms with Crippen LogP contribution in [0, 0.1) is 11.8 Å². The van der Waals surface area contributed by atoms with Gasteiger partial charge in [-0.25, -0.2) is 0 Å². The van der Waals surface area contributed by atoms with Crippen LogP contribution in [0.3, 0.4) is 0 Å². The molecular formula is C15H28N2O. The minimum atomic E-state index is 0.103. The van der Waals surface area contributed by atoms with Crippen LogP contribution in [0.15, 0.2) is 0 Å². The first-order valence-electron chi connectivity index (χ1n) is 7.73. The molecule has 3 nitrogen and oxygen atoms in total. The van der Waals surface area contributed by atoms with Crippen molar-refractivity contribution in [3.05, 3.63) is 0 Å². The minimum Gasteiger partial charge on any atom is -0.328 e. The number of amides is 1. The van der Waals surface area contributed by atoms with Crippen molar-refractivity contribution in [3.8, 4) is 0 Å². The number of rotatable bonds is 5. The number of nitrogens with zero attached hydrogens (tertiary/aromatic N) is 1. The Morgan fingerprint density at radius 2 is 2.22 bits per heavy atom. The van der Waals surface area contributed by atoms with Crippen molar-refractivity contribution in [2.75, 3.05) is 13.2 Å². The van der Waals surface area contributed by atoms with Crippen LogP contribution in [0.5, 0.6) is 0 Å². The van der Waals surface area contributed by atoms with E-state index in [1.165, 1.54) is 32.1 Å². The number of nitrogens with one attached hydrogen (secondary N) is 1. The Morgan fingerprint density at radius 1 is 1.39 bits per heavy atom. The van der Waals surface area contributed by atoms with Gasteiger partial charge >= 0.3 is 0 Å². The first-order chi connectivity index (χ1) is 8.70. The number of carbonyl (C=O) groups excluding carboxylic acids is 1. The van der Waals surface area contributed by atoms with Crippen LogP contribution in [-0.2, 0) is 4.79 Å². The predicted octanol–water partition coefficient (Wildman–Crippen LogP) is 2.76. The van der Waals surface area contributed by atoms with Gasteiger partial charge in [-0.05, 0) is 31.1 Å². The first kappa shape index (κ1) is 13.9. The molecule has 18 heavy (non-hydrogen) atoms. The van der Waals surface area contributed by atoms with Gasteiger partial charge < -0.3 is 4.90 Å². The van der Waals surface area contributed by atoms with Gasteiger partial charge in [0.25, 0.3) is 0 Å². The Morgan fingerprint density at radius 3 is 2.94 bits per heavy atom. The molecule has 0 spiro atoms. The van der Waals surface area contributed by atoms with Gasteiger partial charge in [0.1, 0.15) is 0 Å². The minimum absolute atomic E-state index is 0.103. The smallest absolute Gasteiger partial charge is 0.240 e. The van der Waals surface area contributed by atoms with E-state index >= 15 is 0 Å². The van der Waals surface area contributed by atoms with Crippen molar-refractivity contribution in [2.24, 2.45) is 11.8 Å². The van der Waals surface area contributed by atoms with Gasteiger partial charge in [-0.15, -0.1) is 0 Å². The maximum atomic E-state index is 12.2. The van der Waals surface area contributed by atoms with Crippen LogP contribution in [0.25, 0.3) is 0 Å². The lowest BCUT2D eigenvalue weighted by Crippen LogP contribution is -2.35. The summed E-state index contributed by atoms with van der Waals surface area (Å²) in [4.78, 5) is 14.3. The molecule has 1 N–H and O–H groups in total. The molecule has 2 rings (SSSR count). The fourth-order valence-electron chi connectivity index (χ4n) is 3.43. The third-order valence-corrected chi connectivity index (χ3v) is 4.51. The van der Waals surface area contributed by atoms with Crippen LogP contribution in [0.2, 0.25) is 0 Å². The Hall–Kier alpha value is -0.570. The summed E-state index contributed by atoms with van der Waals surface area (Å²) in [7, 11) is 0. The molecule has 3 unspecified atom stereocenters. The van der Waals surface area contributed by atoms with Crippen molar-refractivity contribution in [1.82, 2.24) is 10.2 Å². The molecule has 0 aromatic carbocycles. The normalized spacial score (nSPS) is 33.1. The highest BCUT2D eigenvalue weighted by atomic mass is 16.2. The van der Waals surface area contributed by atoms with E-state index in [1.807, 2.05) is 0 Å². The van der Waals surface area contributed by atoms with E-state index < -0.39 is 0 Å². The van der Waals surface area contributed by atoms with Crippen molar-refractivity contribution in [3.63, 3.8) is 0 Å². The molecule has 3 atom stereocenters. The quantitative estimate of drug-likeness (QED) is 0.816. The molecule has 0 aromatic rings. The van der Waals surface area contributed by atoms with Crippen LogP contribution in [-0.4, -0.2) is 30.1 Å². The standard InChI is InChI=1S/C15H28N2O/c1-3-4-8-14-15(18)17(11-16-14)10-13-7-5-6-12(2)9-13/h12-14,16H,3-11H2,1-2H3. The molecule has 1 amide bonds. The summed E-state index contributed by atoms with van der Waals surface area (Å²) in [5.41, 5.74) is 0. The van der Waals surface area contributed by atoms with Gasteiger partial charge in [-0.3, -0.25) is 10.1 Å². The zero-order valence-electron chi connectivity index (χ0n) is 12.0. The zero-order valence-corrected chi connectivity index (χ0v) is 12.0. The van der Waals surface area contributed by atoms with E-state index in [2.05, 4.69) is 24.1 Å². The molecule has 1 aliphatic heterocycles. The molecule has 1 heterocycles. The Bertz CT molecular complexity index is 280. The van der Waals surface area contributed by atoms with Gasteiger partial charge in [0.05, 0.1) is 12.7 Å². The van der Waals surface area contributed by atoms with Gasteiger partial charge in [-0.1, -0.05) is 39.5 Å². The van der Waals surface area contributed by atoms with Gasteiger partial charge in [0.15, 0.2) is 0 Å². The SMILES string of the molecule is CCCCC1NCN(CC2CCCC(C)C2)C1=O. The van der Waals surface area contributed by atoms with Crippen molar-refractivity contribution in [2.45, 2.75) is 64.8 Å². The molecule has 104 valence electrons. The number of unbranched alkanes of at least 4 members (excludes halogenated alkanes) is 1. The number of hydrogen-bond acceptors (Lipinski definition) is 2. The van der Waals surface area contributed by atoms with Crippen LogP contribution in [0.1, 0.15) is 58.8 Å². The fourth-order valence-corrected chi connectivity index (χ4v) is 3.43. The molecule has 2 aliphatic rings. The van der Waals surface area contributed by atoms with Crippen LogP contribution in [0.4, 0.5) is 0 Å². The molecule has 3 heteroatoms. The Labute approximate surface area is 111 Å². The van der Waals surface area contributed by atoms with Crippen molar-refractivity contribution in [1.29, 1.82) is 0 Å². The third-order valence-electron chi connectivity index (χ3n) is 4.51. The number of hydrogen-bond donors (Lipinski definition) is 1. The molecule has 1 saturated carbocycles. The Balaban J connectivity index is 1.78. The summed E-state index contributed by atoms with van der Waals surface area (Å²) < 4.78 is 0. The molecule has 0 radical (unpaired) electrons. The van der Waals surface area contributed by atoms with E-state index in [4.69, 9.17) is 0 Å². The highest BCUT2D eigenvalue weighted by Gasteiger charge is 2.32. The van der Waals surface area contributed by atoms with E-state index in [-0.39, 0.29) is 6.04 Å². The summed E-state index contributed by atoms with van der Waals surface area (Å²) in [5, 5.41) is 3.37. The maximum absolute atomic E-state index is 12.2. The van der Waals surface area contributed by atoms with Crippen molar-refractivity contribution < 1.29 is 4.79 Å². The first-order valence-corrected chi connectivity index (χ1v) is 7.73. The molecule has 1 saturated heterocycles. The lowest BCUT2D eigenvalue weighted by molar-refractivity contribution is -0.129. The maximum Gasteiger partial charge on any atom is 0.240 e. The van der Waals surface area contributed by atoms with Crippen LogP contribution < -0.4 is 5.32 Å². The largest absolute Gasteiger partial charge is 0.328 e. The monoisotopic (exact) mass is 252 g/mol. The Kier molecular flexibility index (Phi) is 5.04. The zero-order chi connectivity index (χ0) is 13.0. The fraction of sp³-hybridized carbons (Fsp3) is 0.933. The van der Waals surface area contributed by atoms with Gasteiger partial charge in [0, 0.05) is 6.54 Å². The summed E-state index contributed by atoms with van der Waals surface area (Å²) >= 11 is 0. The highest BCUT2D eigenvalue weighted by molar-refractivity contribution is 5.83. The highest BCUT2D eigenvalue weighted by Crippen LogP contribution is 2.29. The average Bonchev–Trinajstić information content (AvgIpc) is 2.69. The number of carbonyl (C=O) groups is 1. The van der Waals surface area contributed by atoms with Crippen molar-refractivity contribution >= 4 is 5.91 Å². The van der Waals surface area contributed by atoms with E-state index in [0.29, 0.717) is 5.91 Å². The summed E-state index contributed by atoms with van der Waals surface area (Å²) in [6.07, 6.45) is 8.68. The van der Waals surface area contributed by atoms with Crippen LogP contribution >= 0.6 is 0 Å². The molecule has 1 aliphatic carbocycles. The topological polar surface area (TPSA) is 32.3 Å². The predicted molar refractivity (Wildman–Crippen MR) is 74.2 cm³/mol. The molecule has 2 fully saturated rings. The molecule has 0 aromatic heterocycles.